The smallest absolute Gasteiger partial charge is 0.230 e. The van der Waals surface area contributed by atoms with Gasteiger partial charge in [0.05, 0.1) is 22.7 Å². The monoisotopic (exact) mass is 431 g/mol. The maximum Gasteiger partial charge on any atom is 0.230 e. The standard InChI is InChI=1S/C21H17N7O2S/c1-12-4-7-23-20(24-12)13-2-3-14-15(8-13)31-19(25-14)10-18-28-27-17(30-18)9-16(29)26-21(11-22)5-6-21/h2-4,7-8H,5-6,9-10H2,1H3,(H,26,29). The number of benzene rings is 1. The predicted molar refractivity (Wildman–Crippen MR) is 112 cm³/mol. The van der Waals surface area contributed by atoms with Crippen molar-refractivity contribution in [3.8, 4) is 17.5 Å². The highest BCUT2D eigenvalue weighted by atomic mass is 32.1. The summed E-state index contributed by atoms with van der Waals surface area (Å²) in [6, 6.07) is 9.92. The van der Waals surface area contributed by atoms with Crippen molar-refractivity contribution in [3.63, 3.8) is 0 Å². The van der Waals surface area contributed by atoms with Crippen molar-refractivity contribution in [1.29, 1.82) is 5.26 Å². The number of hydrogen-bond acceptors (Lipinski definition) is 9. The minimum atomic E-state index is -0.705. The van der Waals surface area contributed by atoms with Crippen molar-refractivity contribution in [2.45, 2.75) is 38.1 Å². The lowest BCUT2D eigenvalue weighted by atomic mass is 10.2. The highest BCUT2D eigenvalue weighted by molar-refractivity contribution is 7.18. The fourth-order valence-electron chi connectivity index (χ4n) is 3.17. The number of aryl methyl sites for hydroxylation is 1. The van der Waals surface area contributed by atoms with Crippen molar-refractivity contribution in [2.24, 2.45) is 0 Å². The highest BCUT2D eigenvalue weighted by Crippen LogP contribution is 2.34. The molecule has 0 radical (unpaired) electrons. The van der Waals surface area contributed by atoms with E-state index >= 15 is 0 Å². The molecule has 3 aromatic heterocycles. The van der Waals surface area contributed by atoms with Gasteiger partial charge in [0.15, 0.2) is 5.82 Å². The Kier molecular flexibility index (Phi) is 4.67. The number of nitriles is 1. The third-order valence-corrected chi connectivity index (χ3v) is 5.97. The second kappa shape index (κ2) is 7.52. The number of carbonyl (C=O) groups excluding carboxylic acids is 1. The van der Waals surface area contributed by atoms with E-state index in [0.717, 1.165) is 26.5 Å². The molecule has 154 valence electrons. The molecule has 3 heterocycles. The molecule has 0 spiro atoms. The Balaban J connectivity index is 1.28. The number of nitrogens with zero attached hydrogens (tertiary/aromatic N) is 6. The quantitative estimate of drug-likeness (QED) is 0.493. The van der Waals surface area contributed by atoms with E-state index in [9.17, 15) is 4.79 Å². The van der Waals surface area contributed by atoms with Crippen LogP contribution < -0.4 is 5.32 Å². The molecule has 10 heteroatoms. The van der Waals surface area contributed by atoms with Crippen LogP contribution in [0, 0.1) is 18.3 Å². The molecule has 1 aromatic carbocycles. The van der Waals surface area contributed by atoms with Gasteiger partial charge in [-0.1, -0.05) is 0 Å². The number of hydrogen-bond donors (Lipinski definition) is 1. The summed E-state index contributed by atoms with van der Waals surface area (Å²) < 4.78 is 6.63. The van der Waals surface area contributed by atoms with Gasteiger partial charge in [0.1, 0.15) is 17.0 Å². The number of thiazole rings is 1. The van der Waals surface area contributed by atoms with Crippen LogP contribution in [0.1, 0.15) is 35.3 Å². The zero-order valence-corrected chi connectivity index (χ0v) is 17.4. The van der Waals surface area contributed by atoms with Gasteiger partial charge < -0.3 is 9.73 Å². The number of carbonyl (C=O) groups is 1. The summed E-state index contributed by atoms with van der Waals surface area (Å²) in [5.74, 6) is 1.01. The first kappa shape index (κ1) is 19.3. The fourth-order valence-corrected chi connectivity index (χ4v) is 4.17. The summed E-state index contributed by atoms with van der Waals surface area (Å²) in [5.41, 5.74) is 2.02. The van der Waals surface area contributed by atoms with Crippen LogP contribution >= 0.6 is 11.3 Å². The van der Waals surface area contributed by atoms with E-state index < -0.39 is 5.54 Å². The van der Waals surface area contributed by atoms with Crippen molar-refractivity contribution in [2.75, 3.05) is 0 Å². The molecule has 1 fully saturated rings. The molecule has 1 saturated carbocycles. The van der Waals surface area contributed by atoms with Gasteiger partial charge in [-0.2, -0.15) is 5.26 Å². The molecule has 1 N–H and O–H groups in total. The first-order valence-corrected chi connectivity index (χ1v) is 10.6. The third kappa shape index (κ3) is 4.13. The van der Waals surface area contributed by atoms with Crippen LogP contribution in [0.25, 0.3) is 21.6 Å². The van der Waals surface area contributed by atoms with E-state index in [1.54, 1.807) is 6.20 Å². The van der Waals surface area contributed by atoms with E-state index in [4.69, 9.17) is 9.68 Å². The van der Waals surface area contributed by atoms with E-state index in [0.29, 0.717) is 31.0 Å². The predicted octanol–water partition coefficient (Wildman–Crippen LogP) is 2.75. The second-order valence-electron chi connectivity index (χ2n) is 7.50. The molecule has 9 nitrogen and oxygen atoms in total. The third-order valence-electron chi connectivity index (χ3n) is 4.95. The van der Waals surface area contributed by atoms with Crippen LogP contribution in [0.5, 0.6) is 0 Å². The summed E-state index contributed by atoms with van der Waals surface area (Å²) in [6.45, 7) is 1.93. The topological polar surface area (TPSA) is 130 Å². The lowest BCUT2D eigenvalue weighted by Gasteiger charge is -2.06. The van der Waals surface area contributed by atoms with Gasteiger partial charge in [0.25, 0.3) is 0 Å². The summed E-state index contributed by atoms with van der Waals surface area (Å²) in [6.07, 6.45) is 3.44. The van der Waals surface area contributed by atoms with Gasteiger partial charge in [-0.3, -0.25) is 4.79 Å². The first-order valence-electron chi connectivity index (χ1n) is 9.75. The number of amides is 1. The molecule has 0 bridgehead atoms. The Labute approximate surface area is 181 Å². The van der Waals surface area contributed by atoms with Crippen molar-refractivity contribution in [1.82, 2.24) is 30.5 Å². The molecule has 31 heavy (non-hydrogen) atoms. The van der Waals surface area contributed by atoms with Crippen molar-refractivity contribution < 1.29 is 9.21 Å². The Morgan fingerprint density at radius 1 is 1.26 bits per heavy atom. The summed E-state index contributed by atoms with van der Waals surface area (Å²) in [7, 11) is 0. The van der Waals surface area contributed by atoms with E-state index in [2.05, 4.69) is 36.5 Å². The van der Waals surface area contributed by atoms with E-state index in [1.165, 1.54) is 11.3 Å². The van der Waals surface area contributed by atoms with E-state index in [1.807, 2.05) is 31.2 Å². The lowest BCUT2D eigenvalue weighted by molar-refractivity contribution is -0.121. The molecule has 0 saturated heterocycles. The number of fused-ring (bicyclic) bond motifs is 1. The first-order chi connectivity index (χ1) is 15.0. The molecule has 0 unspecified atom stereocenters. The average molecular weight is 431 g/mol. The lowest BCUT2D eigenvalue weighted by Crippen LogP contribution is -2.36. The number of nitrogens with one attached hydrogen (secondary N) is 1. The molecular formula is C21H17N7O2S. The average Bonchev–Trinajstić information content (AvgIpc) is 3.19. The van der Waals surface area contributed by atoms with Crippen molar-refractivity contribution in [3.05, 3.63) is 52.9 Å². The molecule has 0 aliphatic heterocycles. The maximum atomic E-state index is 12.1. The van der Waals surface area contributed by atoms with Crippen LogP contribution in [0.3, 0.4) is 0 Å². The molecule has 5 rings (SSSR count). The Hall–Kier alpha value is -3.71. The zero-order valence-electron chi connectivity index (χ0n) is 16.6. The van der Waals surface area contributed by atoms with Crippen molar-refractivity contribution >= 4 is 27.5 Å². The SMILES string of the molecule is Cc1ccnc(-c2ccc3nc(Cc4nnc(CC(=O)NC5(C#N)CC5)o4)sc3c2)n1. The van der Waals surface area contributed by atoms with Crippen LogP contribution in [-0.4, -0.2) is 36.6 Å². The maximum absolute atomic E-state index is 12.1. The normalized spacial score (nSPS) is 14.3. The van der Waals surface area contributed by atoms with Gasteiger partial charge in [-0.15, -0.1) is 21.5 Å². The molecule has 4 aromatic rings. The number of aromatic nitrogens is 5. The molecule has 0 atom stereocenters. The molecule has 1 aliphatic carbocycles. The fraction of sp³-hybridized carbons (Fsp3) is 0.286. The largest absolute Gasteiger partial charge is 0.424 e. The van der Waals surface area contributed by atoms with Crippen LogP contribution in [-0.2, 0) is 17.6 Å². The Morgan fingerprint density at radius 2 is 2.10 bits per heavy atom. The summed E-state index contributed by atoms with van der Waals surface area (Å²) >= 11 is 1.54. The molecular weight excluding hydrogens is 414 g/mol. The van der Waals surface area contributed by atoms with Crippen LogP contribution in [0.4, 0.5) is 0 Å². The Bertz CT molecular complexity index is 1330. The van der Waals surface area contributed by atoms with Gasteiger partial charge in [-0.25, -0.2) is 15.0 Å². The van der Waals surface area contributed by atoms with Gasteiger partial charge >= 0.3 is 0 Å². The summed E-state index contributed by atoms with van der Waals surface area (Å²) in [4.78, 5) is 25.5. The van der Waals surface area contributed by atoms with Gasteiger partial charge in [-0.05, 0) is 44.0 Å². The molecule has 1 aliphatic rings. The number of rotatable bonds is 6. The van der Waals surface area contributed by atoms with Crippen LogP contribution in [0.15, 0.2) is 34.9 Å². The minimum Gasteiger partial charge on any atom is -0.424 e. The van der Waals surface area contributed by atoms with E-state index in [-0.39, 0.29) is 18.2 Å². The van der Waals surface area contributed by atoms with Crippen LogP contribution in [0.2, 0.25) is 0 Å². The molecule has 1 amide bonds. The summed E-state index contributed by atoms with van der Waals surface area (Å²) in [5, 5.41) is 20.6. The zero-order chi connectivity index (χ0) is 21.4. The van der Waals surface area contributed by atoms with Gasteiger partial charge in [0, 0.05) is 17.5 Å². The second-order valence-corrected chi connectivity index (χ2v) is 8.61. The minimum absolute atomic E-state index is 0.0455. The van der Waals surface area contributed by atoms with Gasteiger partial charge in [0.2, 0.25) is 17.7 Å². The highest BCUT2D eigenvalue weighted by Gasteiger charge is 2.44. The Morgan fingerprint density at radius 3 is 2.87 bits per heavy atom.